The molecule has 0 aromatic heterocycles. The molecule has 0 unspecified atom stereocenters. The molecule has 0 spiro atoms. The minimum atomic E-state index is -1.49. The summed E-state index contributed by atoms with van der Waals surface area (Å²) in [6, 6.07) is 6.34. The van der Waals surface area contributed by atoms with E-state index in [2.05, 4.69) is 0 Å². The van der Waals surface area contributed by atoms with Gasteiger partial charge in [-0.1, -0.05) is 6.92 Å². The van der Waals surface area contributed by atoms with Gasteiger partial charge in [0.2, 0.25) is 6.29 Å². The standard InChI is InChI=1S/C16H22O7/c1-2-3-11(18)9-4-6-10(7-5-9)22-16-15(21)14(20)13(19)12(8-17)23-16/h4-7,12-17,19-21H,2-3,8H2,1H3/t12-,13-,14+,15-,16-/m1/s1. The van der Waals surface area contributed by atoms with Gasteiger partial charge in [-0.05, 0) is 30.7 Å². The van der Waals surface area contributed by atoms with E-state index in [0.29, 0.717) is 17.7 Å². The van der Waals surface area contributed by atoms with Gasteiger partial charge in [0.1, 0.15) is 30.2 Å². The fraction of sp³-hybridized carbons (Fsp3) is 0.562. The first-order valence-electron chi connectivity index (χ1n) is 7.58. The van der Waals surface area contributed by atoms with Crippen LogP contribution in [0.2, 0.25) is 0 Å². The summed E-state index contributed by atoms with van der Waals surface area (Å²) < 4.78 is 10.7. The van der Waals surface area contributed by atoms with Crippen LogP contribution in [0.5, 0.6) is 5.75 Å². The number of hydrogen-bond acceptors (Lipinski definition) is 7. The zero-order chi connectivity index (χ0) is 17.0. The van der Waals surface area contributed by atoms with Gasteiger partial charge in [0.15, 0.2) is 5.78 Å². The first-order valence-corrected chi connectivity index (χ1v) is 7.58. The van der Waals surface area contributed by atoms with Gasteiger partial charge in [-0.15, -0.1) is 0 Å². The van der Waals surface area contributed by atoms with Crippen LogP contribution in [0.1, 0.15) is 30.1 Å². The second kappa shape index (κ2) is 7.85. The van der Waals surface area contributed by atoms with Gasteiger partial charge in [0.05, 0.1) is 6.61 Å². The summed E-state index contributed by atoms with van der Waals surface area (Å²) in [7, 11) is 0. The molecule has 1 saturated heterocycles. The molecule has 0 radical (unpaired) electrons. The number of benzene rings is 1. The average molecular weight is 326 g/mol. The monoisotopic (exact) mass is 326 g/mol. The number of hydrogen-bond donors (Lipinski definition) is 4. The maximum Gasteiger partial charge on any atom is 0.229 e. The molecule has 0 bridgehead atoms. The van der Waals surface area contributed by atoms with Crippen LogP contribution in [0.15, 0.2) is 24.3 Å². The molecule has 0 amide bonds. The van der Waals surface area contributed by atoms with Crippen molar-refractivity contribution in [2.24, 2.45) is 0 Å². The molecule has 1 fully saturated rings. The fourth-order valence-electron chi connectivity index (χ4n) is 2.39. The van der Waals surface area contributed by atoms with Gasteiger partial charge in [-0.2, -0.15) is 0 Å². The highest BCUT2D eigenvalue weighted by Crippen LogP contribution is 2.24. The Morgan fingerprint density at radius 1 is 1.13 bits per heavy atom. The molecule has 128 valence electrons. The van der Waals surface area contributed by atoms with Crippen molar-refractivity contribution in [1.82, 2.24) is 0 Å². The van der Waals surface area contributed by atoms with Gasteiger partial charge >= 0.3 is 0 Å². The highest BCUT2D eigenvalue weighted by Gasteiger charge is 2.44. The van der Waals surface area contributed by atoms with Crippen LogP contribution in [0.3, 0.4) is 0 Å². The number of carbonyl (C=O) groups excluding carboxylic acids is 1. The fourth-order valence-corrected chi connectivity index (χ4v) is 2.39. The molecule has 0 saturated carbocycles. The van der Waals surface area contributed by atoms with Crippen molar-refractivity contribution in [2.45, 2.75) is 50.5 Å². The lowest BCUT2D eigenvalue weighted by molar-refractivity contribution is -0.277. The van der Waals surface area contributed by atoms with Crippen molar-refractivity contribution >= 4 is 5.78 Å². The van der Waals surface area contributed by atoms with E-state index in [1.54, 1.807) is 24.3 Å². The third-order valence-corrected chi connectivity index (χ3v) is 3.75. The van der Waals surface area contributed by atoms with Crippen molar-refractivity contribution in [3.63, 3.8) is 0 Å². The Bertz CT molecular complexity index is 514. The molecule has 1 aromatic carbocycles. The maximum absolute atomic E-state index is 11.8. The van der Waals surface area contributed by atoms with Gasteiger partial charge in [0.25, 0.3) is 0 Å². The molecule has 1 heterocycles. The number of Topliss-reactive ketones (excluding diaryl/α,β-unsaturated/α-hetero) is 1. The maximum atomic E-state index is 11.8. The zero-order valence-corrected chi connectivity index (χ0v) is 12.8. The molecular formula is C16H22O7. The lowest BCUT2D eigenvalue weighted by Gasteiger charge is -2.39. The summed E-state index contributed by atoms with van der Waals surface area (Å²) in [4.78, 5) is 11.8. The number of aliphatic hydroxyl groups is 4. The van der Waals surface area contributed by atoms with Gasteiger partial charge in [-0.3, -0.25) is 4.79 Å². The third-order valence-electron chi connectivity index (χ3n) is 3.75. The van der Waals surface area contributed by atoms with Crippen LogP contribution in [0.4, 0.5) is 0 Å². The number of carbonyl (C=O) groups is 1. The lowest BCUT2D eigenvalue weighted by Crippen LogP contribution is -2.60. The minimum absolute atomic E-state index is 0.0342. The number of ether oxygens (including phenoxy) is 2. The van der Waals surface area contributed by atoms with Crippen molar-refractivity contribution in [2.75, 3.05) is 6.61 Å². The predicted molar refractivity (Wildman–Crippen MR) is 80.1 cm³/mol. The Hall–Kier alpha value is -1.51. The Labute approximate surface area is 134 Å². The van der Waals surface area contributed by atoms with Gasteiger partial charge in [0, 0.05) is 12.0 Å². The highest BCUT2D eigenvalue weighted by atomic mass is 16.7. The van der Waals surface area contributed by atoms with E-state index in [1.807, 2.05) is 6.92 Å². The predicted octanol–water partition coefficient (Wildman–Crippen LogP) is -0.152. The summed E-state index contributed by atoms with van der Waals surface area (Å²) in [5.74, 6) is 0.370. The van der Waals surface area contributed by atoms with Gasteiger partial charge in [-0.25, -0.2) is 0 Å². The summed E-state index contributed by atoms with van der Waals surface area (Å²) >= 11 is 0. The Balaban J connectivity index is 2.04. The largest absolute Gasteiger partial charge is 0.462 e. The average Bonchev–Trinajstić information content (AvgIpc) is 2.56. The summed E-state index contributed by atoms with van der Waals surface area (Å²) in [6.45, 7) is 1.41. The van der Waals surface area contributed by atoms with E-state index in [4.69, 9.17) is 14.6 Å². The van der Waals surface area contributed by atoms with E-state index in [0.717, 1.165) is 6.42 Å². The molecular weight excluding hydrogens is 304 g/mol. The van der Waals surface area contributed by atoms with E-state index < -0.39 is 37.3 Å². The molecule has 4 N–H and O–H groups in total. The number of aliphatic hydroxyl groups excluding tert-OH is 4. The number of ketones is 1. The lowest BCUT2D eigenvalue weighted by atomic mass is 9.99. The molecule has 7 nitrogen and oxygen atoms in total. The topological polar surface area (TPSA) is 116 Å². The van der Waals surface area contributed by atoms with E-state index in [-0.39, 0.29) is 5.78 Å². The summed E-state index contributed by atoms with van der Waals surface area (Å²) in [5.41, 5.74) is 0.563. The molecule has 1 aliphatic rings. The van der Waals surface area contributed by atoms with Crippen LogP contribution in [0, 0.1) is 0 Å². The Morgan fingerprint density at radius 3 is 2.35 bits per heavy atom. The van der Waals surface area contributed by atoms with E-state index in [9.17, 15) is 20.1 Å². The molecule has 2 rings (SSSR count). The first kappa shape index (κ1) is 17.8. The SMILES string of the molecule is CCCC(=O)c1ccc(O[C@@H]2O[C@H](CO)[C@@H](O)[C@H](O)[C@H]2O)cc1. The van der Waals surface area contributed by atoms with Crippen LogP contribution in [0.25, 0.3) is 0 Å². The van der Waals surface area contributed by atoms with Crippen molar-refractivity contribution in [3.8, 4) is 5.75 Å². The smallest absolute Gasteiger partial charge is 0.229 e. The minimum Gasteiger partial charge on any atom is -0.462 e. The highest BCUT2D eigenvalue weighted by molar-refractivity contribution is 5.96. The van der Waals surface area contributed by atoms with E-state index in [1.165, 1.54) is 0 Å². The molecule has 0 aliphatic carbocycles. The second-order valence-corrected chi connectivity index (χ2v) is 5.51. The number of rotatable bonds is 6. The Morgan fingerprint density at radius 2 is 1.78 bits per heavy atom. The molecule has 23 heavy (non-hydrogen) atoms. The first-order chi connectivity index (χ1) is 11.0. The van der Waals surface area contributed by atoms with Crippen LogP contribution >= 0.6 is 0 Å². The third kappa shape index (κ3) is 4.07. The molecule has 5 atom stereocenters. The molecule has 1 aliphatic heterocycles. The Kier molecular flexibility index (Phi) is 6.09. The molecule has 1 aromatic rings. The summed E-state index contributed by atoms with van der Waals surface area (Å²) in [6.07, 6.45) is -5.41. The van der Waals surface area contributed by atoms with Crippen LogP contribution < -0.4 is 4.74 Å². The van der Waals surface area contributed by atoms with Crippen molar-refractivity contribution in [3.05, 3.63) is 29.8 Å². The molecule has 7 heteroatoms. The van der Waals surface area contributed by atoms with E-state index >= 15 is 0 Å². The van der Waals surface area contributed by atoms with Crippen molar-refractivity contribution < 1.29 is 34.7 Å². The zero-order valence-electron chi connectivity index (χ0n) is 12.8. The quantitative estimate of drug-likeness (QED) is 0.537. The van der Waals surface area contributed by atoms with Crippen LogP contribution in [-0.4, -0.2) is 63.5 Å². The van der Waals surface area contributed by atoms with Gasteiger partial charge < -0.3 is 29.9 Å². The second-order valence-electron chi connectivity index (χ2n) is 5.51. The normalized spacial score (nSPS) is 30.9. The summed E-state index contributed by atoms with van der Waals surface area (Å²) in [5, 5.41) is 38.4. The van der Waals surface area contributed by atoms with Crippen molar-refractivity contribution in [1.29, 1.82) is 0 Å². The van der Waals surface area contributed by atoms with Crippen LogP contribution in [-0.2, 0) is 4.74 Å².